The summed E-state index contributed by atoms with van der Waals surface area (Å²) in [6.07, 6.45) is 3.40. The fraction of sp³-hybridized carbons (Fsp3) is 0.560. The molecule has 4 rings (SSSR count). The zero-order valence-electron chi connectivity index (χ0n) is 19.9. The first-order valence-electron chi connectivity index (χ1n) is 12.2. The summed E-state index contributed by atoms with van der Waals surface area (Å²) < 4.78 is 1.55. The lowest BCUT2D eigenvalue weighted by Crippen LogP contribution is -2.40. The molecule has 0 radical (unpaired) electrons. The van der Waals surface area contributed by atoms with Crippen molar-refractivity contribution in [3.63, 3.8) is 0 Å². The van der Waals surface area contributed by atoms with E-state index in [1.807, 2.05) is 13.0 Å². The zero-order valence-corrected chi connectivity index (χ0v) is 20.6. The molecule has 2 aromatic rings. The molecular weight excluding hydrogens is 472 g/mol. The standard InChI is InChI=1S/C25H33ClN4O5/c1-15-10-20(28-30(15)14-23(33)29-12-21(31)22(32)13-29)17-8-9-19(26)18(11-17)25(35)27-24(34)16-6-4-2-3-5-7-16/h8-11,16,21-22,24,31-32,34H,2-7,12-14H2,1H3,(H,27,35). The molecule has 2 heterocycles. The molecule has 9 nitrogen and oxygen atoms in total. The summed E-state index contributed by atoms with van der Waals surface area (Å²) >= 11 is 6.32. The minimum Gasteiger partial charge on any atom is -0.388 e. The first-order chi connectivity index (χ1) is 16.7. The molecule has 3 unspecified atom stereocenters. The van der Waals surface area contributed by atoms with Crippen LogP contribution in [0.4, 0.5) is 0 Å². The number of aliphatic hydroxyl groups excluding tert-OH is 3. The molecule has 2 amide bonds. The van der Waals surface area contributed by atoms with Gasteiger partial charge < -0.3 is 25.5 Å². The van der Waals surface area contributed by atoms with E-state index in [1.165, 1.54) is 4.90 Å². The third kappa shape index (κ3) is 6.03. The Balaban J connectivity index is 1.46. The van der Waals surface area contributed by atoms with Crippen LogP contribution in [0.15, 0.2) is 24.3 Å². The van der Waals surface area contributed by atoms with Gasteiger partial charge in [-0.2, -0.15) is 5.10 Å². The molecule has 10 heteroatoms. The average Bonchev–Trinajstić information content (AvgIpc) is 3.22. The molecule has 3 atom stereocenters. The molecular formula is C25H33ClN4O5. The van der Waals surface area contributed by atoms with Gasteiger partial charge in [0.15, 0.2) is 0 Å². The zero-order chi connectivity index (χ0) is 25.1. The minimum atomic E-state index is -0.937. The lowest BCUT2D eigenvalue weighted by molar-refractivity contribution is -0.131. The number of aryl methyl sites for hydroxylation is 1. The van der Waals surface area contributed by atoms with Crippen molar-refractivity contribution in [2.75, 3.05) is 13.1 Å². The average molecular weight is 505 g/mol. The molecule has 0 bridgehead atoms. The van der Waals surface area contributed by atoms with Gasteiger partial charge in [-0.1, -0.05) is 43.4 Å². The number of hydrogen-bond acceptors (Lipinski definition) is 6. The van der Waals surface area contributed by atoms with Gasteiger partial charge in [0.2, 0.25) is 5.91 Å². The van der Waals surface area contributed by atoms with Crippen LogP contribution in [0.2, 0.25) is 5.02 Å². The Kier molecular flexibility index (Phi) is 8.11. The lowest BCUT2D eigenvalue weighted by Gasteiger charge is -2.22. The van der Waals surface area contributed by atoms with E-state index in [0.29, 0.717) is 11.3 Å². The number of benzene rings is 1. The van der Waals surface area contributed by atoms with E-state index in [4.69, 9.17) is 11.6 Å². The lowest BCUT2D eigenvalue weighted by atomic mass is 9.98. The third-order valence-electron chi connectivity index (χ3n) is 7.01. The van der Waals surface area contributed by atoms with Crippen molar-refractivity contribution in [2.45, 2.75) is 70.4 Å². The van der Waals surface area contributed by atoms with Crippen LogP contribution in [0.25, 0.3) is 11.3 Å². The topological polar surface area (TPSA) is 128 Å². The molecule has 190 valence electrons. The van der Waals surface area contributed by atoms with Crippen LogP contribution in [0, 0.1) is 12.8 Å². The van der Waals surface area contributed by atoms with Gasteiger partial charge in [-0.15, -0.1) is 0 Å². The minimum absolute atomic E-state index is 0.0280. The summed E-state index contributed by atoms with van der Waals surface area (Å²) in [5.74, 6) is -0.648. The third-order valence-corrected chi connectivity index (χ3v) is 7.34. The predicted molar refractivity (Wildman–Crippen MR) is 131 cm³/mol. The molecule has 2 aliphatic rings. The maximum atomic E-state index is 12.9. The SMILES string of the molecule is Cc1cc(-c2ccc(Cl)c(C(=O)NC(O)C3CCCCCC3)c2)nn1CC(=O)N1CC(O)C(O)C1. The smallest absolute Gasteiger partial charge is 0.254 e. The first kappa shape index (κ1) is 25.6. The number of nitrogens with zero attached hydrogens (tertiary/aromatic N) is 3. The van der Waals surface area contributed by atoms with Crippen molar-refractivity contribution >= 4 is 23.4 Å². The monoisotopic (exact) mass is 504 g/mol. The Morgan fingerprint density at radius 3 is 2.43 bits per heavy atom. The quantitative estimate of drug-likeness (QED) is 0.352. The Morgan fingerprint density at radius 1 is 1.11 bits per heavy atom. The van der Waals surface area contributed by atoms with Crippen molar-refractivity contribution in [2.24, 2.45) is 5.92 Å². The van der Waals surface area contributed by atoms with Crippen LogP contribution in [-0.2, 0) is 11.3 Å². The summed E-state index contributed by atoms with van der Waals surface area (Å²) in [6.45, 7) is 1.98. The normalized spacial score (nSPS) is 22.1. The van der Waals surface area contributed by atoms with Crippen LogP contribution in [0.3, 0.4) is 0 Å². The number of halogens is 1. The molecule has 2 fully saturated rings. The summed E-state index contributed by atoms with van der Waals surface area (Å²) in [4.78, 5) is 26.9. The Labute approximate surface area is 209 Å². The molecule has 1 aromatic heterocycles. The second-order valence-electron chi connectivity index (χ2n) is 9.63. The van der Waals surface area contributed by atoms with Gasteiger partial charge in [0.05, 0.1) is 28.5 Å². The van der Waals surface area contributed by atoms with Gasteiger partial charge in [-0.3, -0.25) is 14.3 Å². The predicted octanol–water partition coefficient (Wildman–Crippen LogP) is 2.09. The van der Waals surface area contributed by atoms with Crippen LogP contribution < -0.4 is 5.32 Å². The van der Waals surface area contributed by atoms with E-state index in [2.05, 4.69) is 10.4 Å². The highest BCUT2D eigenvalue weighted by Gasteiger charge is 2.32. The number of hydrogen-bond donors (Lipinski definition) is 4. The molecule has 4 N–H and O–H groups in total. The largest absolute Gasteiger partial charge is 0.388 e. The first-order valence-corrected chi connectivity index (χ1v) is 12.6. The Bertz CT molecular complexity index is 1060. The van der Waals surface area contributed by atoms with Crippen molar-refractivity contribution in [1.29, 1.82) is 0 Å². The maximum absolute atomic E-state index is 12.9. The summed E-state index contributed by atoms with van der Waals surface area (Å²) in [6, 6.07) is 6.82. The fourth-order valence-electron chi connectivity index (χ4n) is 4.83. The van der Waals surface area contributed by atoms with E-state index in [-0.39, 0.29) is 42.0 Å². The highest BCUT2D eigenvalue weighted by Crippen LogP contribution is 2.27. The van der Waals surface area contributed by atoms with Crippen LogP contribution in [0.1, 0.15) is 54.6 Å². The number of β-amino-alcohol motifs (C(OH)–C–C–N with tert-alkyl or cyclic N) is 2. The molecule has 1 saturated carbocycles. The van der Waals surface area contributed by atoms with E-state index in [1.54, 1.807) is 22.9 Å². The van der Waals surface area contributed by atoms with Gasteiger partial charge in [0.1, 0.15) is 12.8 Å². The van der Waals surface area contributed by atoms with Crippen molar-refractivity contribution in [3.05, 3.63) is 40.5 Å². The summed E-state index contributed by atoms with van der Waals surface area (Å²) in [7, 11) is 0. The van der Waals surface area contributed by atoms with Crippen LogP contribution >= 0.6 is 11.6 Å². The highest BCUT2D eigenvalue weighted by molar-refractivity contribution is 6.34. The molecule has 1 aliphatic carbocycles. The molecule has 0 spiro atoms. The van der Waals surface area contributed by atoms with Crippen molar-refractivity contribution in [1.82, 2.24) is 20.0 Å². The van der Waals surface area contributed by atoms with E-state index in [0.717, 1.165) is 44.2 Å². The summed E-state index contributed by atoms with van der Waals surface area (Å²) in [5.41, 5.74) is 2.23. The number of rotatable bonds is 6. The Morgan fingerprint density at radius 2 is 1.77 bits per heavy atom. The number of aliphatic hydroxyl groups is 3. The van der Waals surface area contributed by atoms with E-state index < -0.39 is 24.3 Å². The van der Waals surface area contributed by atoms with Crippen LogP contribution in [-0.4, -0.2) is 73.3 Å². The number of amides is 2. The van der Waals surface area contributed by atoms with E-state index in [9.17, 15) is 24.9 Å². The number of likely N-dealkylation sites (tertiary alicyclic amines) is 1. The number of carbonyl (C=O) groups is 2. The number of carbonyl (C=O) groups excluding carboxylic acids is 2. The summed E-state index contributed by atoms with van der Waals surface area (Å²) in [5, 5.41) is 37.5. The van der Waals surface area contributed by atoms with Gasteiger partial charge in [0.25, 0.3) is 5.91 Å². The molecule has 35 heavy (non-hydrogen) atoms. The van der Waals surface area contributed by atoms with Crippen molar-refractivity contribution < 1.29 is 24.9 Å². The van der Waals surface area contributed by atoms with E-state index >= 15 is 0 Å². The number of nitrogens with one attached hydrogen (secondary N) is 1. The Hall–Kier alpha value is -2.46. The second-order valence-corrected chi connectivity index (χ2v) is 10.0. The van der Waals surface area contributed by atoms with Gasteiger partial charge in [0, 0.05) is 30.3 Å². The highest BCUT2D eigenvalue weighted by atomic mass is 35.5. The second kappa shape index (κ2) is 11.1. The van der Waals surface area contributed by atoms with Gasteiger partial charge >= 0.3 is 0 Å². The molecule has 1 aromatic carbocycles. The molecule has 1 aliphatic heterocycles. The molecule has 1 saturated heterocycles. The van der Waals surface area contributed by atoms with Crippen molar-refractivity contribution in [3.8, 4) is 11.3 Å². The fourth-order valence-corrected chi connectivity index (χ4v) is 5.03. The number of aromatic nitrogens is 2. The van der Waals surface area contributed by atoms with Gasteiger partial charge in [-0.25, -0.2) is 0 Å². The van der Waals surface area contributed by atoms with Crippen LogP contribution in [0.5, 0.6) is 0 Å². The maximum Gasteiger partial charge on any atom is 0.254 e. The van der Waals surface area contributed by atoms with Gasteiger partial charge in [-0.05, 0) is 38.0 Å².